The van der Waals surface area contributed by atoms with Crippen LogP contribution in [0.3, 0.4) is 0 Å². The molecule has 138 valence electrons. The Balaban J connectivity index is 1.63. The van der Waals surface area contributed by atoms with E-state index in [1.165, 1.54) is 31.2 Å². The number of carbonyl (C=O) groups is 3. The topological polar surface area (TPSA) is 85.6 Å². The van der Waals surface area contributed by atoms with Crippen LogP contribution >= 0.6 is 0 Å². The summed E-state index contributed by atoms with van der Waals surface area (Å²) in [6, 6.07) is 12.3. The van der Waals surface area contributed by atoms with E-state index in [1.54, 1.807) is 24.3 Å². The van der Waals surface area contributed by atoms with Gasteiger partial charge in [-0.2, -0.15) is 0 Å². The Morgan fingerprint density at radius 1 is 1.07 bits per heavy atom. The van der Waals surface area contributed by atoms with Crippen molar-refractivity contribution in [3.63, 3.8) is 0 Å². The van der Waals surface area contributed by atoms with Gasteiger partial charge in [-0.05, 0) is 29.8 Å². The number of hydrogen-bond donors (Lipinski definition) is 1. The summed E-state index contributed by atoms with van der Waals surface area (Å²) in [7, 11) is 0. The van der Waals surface area contributed by atoms with Gasteiger partial charge in [-0.15, -0.1) is 0 Å². The molecule has 0 radical (unpaired) electrons. The van der Waals surface area contributed by atoms with Crippen LogP contribution in [0.15, 0.2) is 52.9 Å². The summed E-state index contributed by atoms with van der Waals surface area (Å²) < 4.78 is 23.3. The molecular formula is C20H16FNO5. The molecule has 6 nitrogen and oxygen atoms in total. The van der Waals surface area contributed by atoms with Crippen LogP contribution in [0.25, 0.3) is 11.0 Å². The number of ketones is 1. The molecule has 1 amide bonds. The zero-order valence-electron chi connectivity index (χ0n) is 14.5. The number of anilines is 1. The Labute approximate surface area is 153 Å². The molecule has 0 unspecified atom stereocenters. The fourth-order valence-electron chi connectivity index (χ4n) is 2.56. The molecule has 0 spiro atoms. The van der Waals surface area contributed by atoms with Crippen molar-refractivity contribution in [1.82, 2.24) is 0 Å². The third-order valence-electron chi connectivity index (χ3n) is 3.81. The molecule has 2 aromatic carbocycles. The van der Waals surface area contributed by atoms with Crippen LogP contribution in [0.4, 0.5) is 10.1 Å². The van der Waals surface area contributed by atoms with Gasteiger partial charge in [0.2, 0.25) is 0 Å². The average Bonchev–Trinajstić information content (AvgIpc) is 3.01. The summed E-state index contributed by atoms with van der Waals surface area (Å²) in [5.41, 5.74) is 1.28. The Bertz CT molecular complexity index is 1010. The highest BCUT2D eigenvalue weighted by molar-refractivity contribution is 6.11. The number of carbonyl (C=O) groups excluding carboxylic acids is 3. The zero-order valence-corrected chi connectivity index (χ0v) is 14.5. The van der Waals surface area contributed by atoms with E-state index in [0.717, 1.165) is 0 Å². The van der Waals surface area contributed by atoms with E-state index >= 15 is 0 Å². The van der Waals surface area contributed by atoms with E-state index in [0.29, 0.717) is 16.5 Å². The van der Waals surface area contributed by atoms with Crippen LogP contribution in [-0.2, 0) is 20.7 Å². The highest BCUT2D eigenvalue weighted by atomic mass is 19.1. The number of Topliss-reactive ketones (excluding diaryl/α,β-unsaturated/α-hetero) is 1. The molecule has 0 fully saturated rings. The highest BCUT2D eigenvalue weighted by Crippen LogP contribution is 2.31. The number of fused-ring (bicyclic) bond motifs is 1. The number of nitrogens with one attached hydrogen (secondary N) is 1. The summed E-state index contributed by atoms with van der Waals surface area (Å²) in [5.74, 6) is -1.94. The number of amides is 1. The Morgan fingerprint density at radius 2 is 1.78 bits per heavy atom. The Hall–Kier alpha value is -3.48. The van der Waals surface area contributed by atoms with Gasteiger partial charge in [0.25, 0.3) is 5.91 Å². The van der Waals surface area contributed by atoms with Crippen molar-refractivity contribution in [1.29, 1.82) is 0 Å². The Morgan fingerprint density at radius 3 is 2.48 bits per heavy atom. The lowest BCUT2D eigenvalue weighted by Gasteiger charge is -2.07. The van der Waals surface area contributed by atoms with Crippen LogP contribution < -0.4 is 5.32 Å². The van der Waals surface area contributed by atoms with Crippen LogP contribution in [0.5, 0.6) is 0 Å². The van der Waals surface area contributed by atoms with Crippen LogP contribution in [0.1, 0.15) is 23.0 Å². The summed E-state index contributed by atoms with van der Waals surface area (Å²) in [6.45, 7) is 0.812. The van der Waals surface area contributed by atoms with Crippen LogP contribution in [0.2, 0.25) is 0 Å². The van der Waals surface area contributed by atoms with Gasteiger partial charge in [0.05, 0.1) is 12.1 Å². The van der Waals surface area contributed by atoms with E-state index in [1.807, 2.05) is 0 Å². The van der Waals surface area contributed by atoms with E-state index in [4.69, 9.17) is 9.15 Å². The SMILES string of the molecule is CC(=O)c1oc2ccccc2c1NC(=O)COC(=O)Cc1ccc(F)cc1. The second kappa shape index (κ2) is 7.82. The molecule has 3 rings (SSSR count). The molecular weight excluding hydrogens is 353 g/mol. The predicted molar refractivity (Wildman–Crippen MR) is 95.9 cm³/mol. The van der Waals surface area contributed by atoms with Crippen molar-refractivity contribution in [2.75, 3.05) is 11.9 Å². The van der Waals surface area contributed by atoms with Crippen molar-refractivity contribution in [2.45, 2.75) is 13.3 Å². The van der Waals surface area contributed by atoms with E-state index in [9.17, 15) is 18.8 Å². The van der Waals surface area contributed by atoms with Gasteiger partial charge in [0.1, 0.15) is 11.4 Å². The number of rotatable bonds is 6. The lowest BCUT2D eigenvalue weighted by atomic mass is 10.1. The molecule has 3 aromatic rings. The summed E-state index contributed by atoms with van der Waals surface area (Å²) in [6.07, 6.45) is -0.0824. The van der Waals surface area contributed by atoms with Gasteiger partial charge in [-0.1, -0.05) is 24.3 Å². The minimum absolute atomic E-state index is 0.0298. The first-order chi connectivity index (χ1) is 12.9. The first-order valence-corrected chi connectivity index (χ1v) is 8.16. The number of ether oxygens (including phenoxy) is 1. The Kier molecular flexibility index (Phi) is 5.30. The van der Waals surface area contributed by atoms with Gasteiger partial charge in [-0.3, -0.25) is 14.4 Å². The molecule has 7 heteroatoms. The van der Waals surface area contributed by atoms with Crippen molar-refractivity contribution in [2.24, 2.45) is 0 Å². The molecule has 0 saturated heterocycles. The minimum atomic E-state index is -0.624. The molecule has 0 atom stereocenters. The molecule has 27 heavy (non-hydrogen) atoms. The molecule has 0 saturated carbocycles. The van der Waals surface area contributed by atoms with Crippen molar-refractivity contribution >= 4 is 34.3 Å². The van der Waals surface area contributed by atoms with Gasteiger partial charge < -0.3 is 14.5 Å². The highest BCUT2D eigenvalue weighted by Gasteiger charge is 2.20. The summed E-state index contributed by atoms with van der Waals surface area (Å²) in [4.78, 5) is 35.7. The zero-order chi connectivity index (χ0) is 19.4. The average molecular weight is 369 g/mol. The van der Waals surface area contributed by atoms with Gasteiger partial charge in [-0.25, -0.2) is 4.39 Å². The molecule has 0 aliphatic carbocycles. The maximum Gasteiger partial charge on any atom is 0.310 e. The number of esters is 1. The number of benzene rings is 2. The fraction of sp³-hybridized carbons (Fsp3) is 0.150. The summed E-state index contributed by atoms with van der Waals surface area (Å²) >= 11 is 0. The lowest BCUT2D eigenvalue weighted by Crippen LogP contribution is -2.22. The second-order valence-electron chi connectivity index (χ2n) is 5.87. The van der Waals surface area contributed by atoms with E-state index < -0.39 is 24.3 Å². The third kappa shape index (κ3) is 4.38. The minimum Gasteiger partial charge on any atom is -0.455 e. The van der Waals surface area contributed by atoms with E-state index in [2.05, 4.69) is 5.32 Å². The standard InChI is InChI=1S/C20H16FNO5/c1-12(23)20-19(15-4-2-3-5-16(15)27-20)22-17(24)11-26-18(25)10-13-6-8-14(21)9-7-13/h2-9H,10-11H2,1H3,(H,22,24). The third-order valence-corrected chi connectivity index (χ3v) is 3.81. The number of furan rings is 1. The van der Waals surface area contributed by atoms with Gasteiger partial charge in [0.15, 0.2) is 18.2 Å². The quantitative estimate of drug-likeness (QED) is 0.531. The number of hydrogen-bond acceptors (Lipinski definition) is 5. The first kappa shape index (κ1) is 18.3. The fourth-order valence-corrected chi connectivity index (χ4v) is 2.56. The molecule has 1 aromatic heterocycles. The van der Waals surface area contributed by atoms with Crippen molar-refractivity contribution in [3.8, 4) is 0 Å². The smallest absolute Gasteiger partial charge is 0.310 e. The normalized spacial score (nSPS) is 10.6. The largest absolute Gasteiger partial charge is 0.455 e. The maximum atomic E-state index is 12.9. The first-order valence-electron chi connectivity index (χ1n) is 8.16. The molecule has 1 heterocycles. The van der Waals surface area contributed by atoms with Gasteiger partial charge >= 0.3 is 5.97 Å². The molecule has 0 aliphatic rings. The second-order valence-corrected chi connectivity index (χ2v) is 5.87. The monoisotopic (exact) mass is 369 g/mol. The predicted octanol–water partition coefficient (Wildman–Crippen LogP) is 3.50. The van der Waals surface area contributed by atoms with E-state index in [-0.39, 0.29) is 23.7 Å². The van der Waals surface area contributed by atoms with Crippen molar-refractivity contribution in [3.05, 3.63) is 65.7 Å². The maximum absolute atomic E-state index is 12.9. The molecule has 1 N–H and O–H groups in total. The molecule has 0 aliphatic heterocycles. The number of halogens is 1. The van der Waals surface area contributed by atoms with Crippen molar-refractivity contribution < 1.29 is 27.9 Å². The lowest BCUT2D eigenvalue weighted by molar-refractivity contribution is -0.146. The van der Waals surface area contributed by atoms with Crippen LogP contribution in [0, 0.1) is 5.82 Å². The van der Waals surface area contributed by atoms with Crippen LogP contribution in [-0.4, -0.2) is 24.3 Å². The molecule has 0 bridgehead atoms. The summed E-state index contributed by atoms with van der Waals surface area (Å²) in [5, 5.41) is 3.14. The van der Waals surface area contributed by atoms with Gasteiger partial charge in [0, 0.05) is 12.3 Å². The number of para-hydroxylation sites is 1.